The molecule has 0 bridgehead atoms. The highest BCUT2D eigenvalue weighted by atomic mass is 79.9. The molecule has 0 N–H and O–H groups in total. The summed E-state index contributed by atoms with van der Waals surface area (Å²) in [6, 6.07) is 0. The van der Waals surface area contributed by atoms with Gasteiger partial charge in [0.15, 0.2) is 0 Å². The summed E-state index contributed by atoms with van der Waals surface area (Å²) in [7, 11) is 0. The Morgan fingerprint density at radius 3 is 3.17 bits per heavy atom. The molecule has 12 heavy (non-hydrogen) atoms. The van der Waals surface area contributed by atoms with Crippen molar-refractivity contribution in [1.82, 2.24) is 0 Å². The van der Waals surface area contributed by atoms with E-state index in [0.29, 0.717) is 11.6 Å². The Kier molecular flexibility index (Phi) is 4.12. The summed E-state index contributed by atoms with van der Waals surface area (Å²) in [5.74, 6) is 0. The normalized spacial score (nSPS) is 22.8. The van der Waals surface area contributed by atoms with Crippen molar-refractivity contribution < 1.29 is 9.47 Å². The quantitative estimate of drug-likeness (QED) is 0.769. The van der Waals surface area contributed by atoms with E-state index in [4.69, 9.17) is 21.1 Å². The molecular formula is C8H10BrClO2. The molecule has 0 saturated heterocycles. The van der Waals surface area contributed by atoms with Crippen LogP contribution in [-0.4, -0.2) is 12.9 Å². The van der Waals surface area contributed by atoms with Gasteiger partial charge in [-0.2, -0.15) is 0 Å². The van der Waals surface area contributed by atoms with Crippen molar-refractivity contribution in [1.29, 1.82) is 0 Å². The molecule has 1 rings (SSSR count). The number of rotatable bonds is 3. The molecule has 0 aliphatic carbocycles. The molecule has 1 atom stereocenters. The monoisotopic (exact) mass is 252 g/mol. The second kappa shape index (κ2) is 4.90. The predicted octanol–water partition coefficient (Wildman–Crippen LogP) is 3.13. The highest BCUT2D eigenvalue weighted by molar-refractivity contribution is 9.12. The molecule has 2 nitrogen and oxygen atoms in total. The maximum Gasteiger partial charge on any atom is 0.237 e. The van der Waals surface area contributed by atoms with E-state index in [0.717, 1.165) is 10.9 Å². The molecule has 0 aromatic carbocycles. The summed E-state index contributed by atoms with van der Waals surface area (Å²) >= 11 is 9.19. The lowest BCUT2D eigenvalue weighted by atomic mass is 10.4. The van der Waals surface area contributed by atoms with E-state index in [2.05, 4.69) is 15.9 Å². The standard InChI is InChI=1S/C8H10BrClO2/c1-2-4-11-8-7(10)6(9)3-5-12-8/h3,5,8H,2,4H2,1H3. The SMILES string of the molecule is CCCOC1OC=CC(Br)=C1Cl. The Balaban J connectivity index is 2.51. The zero-order valence-electron chi connectivity index (χ0n) is 6.72. The van der Waals surface area contributed by atoms with Gasteiger partial charge in [0.25, 0.3) is 0 Å². The first kappa shape index (κ1) is 10.1. The van der Waals surface area contributed by atoms with Crippen molar-refractivity contribution in [3.8, 4) is 0 Å². The fourth-order valence-electron chi connectivity index (χ4n) is 0.760. The van der Waals surface area contributed by atoms with Crippen LogP contribution in [0.25, 0.3) is 0 Å². The molecular weight excluding hydrogens is 243 g/mol. The molecule has 0 spiro atoms. The van der Waals surface area contributed by atoms with Crippen LogP contribution in [0.2, 0.25) is 0 Å². The zero-order chi connectivity index (χ0) is 8.97. The summed E-state index contributed by atoms with van der Waals surface area (Å²) < 4.78 is 11.3. The Hall–Kier alpha value is 0.01000. The van der Waals surface area contributed by atoms with Crippen molar-refractivity contribution in [2.75, 3.05) is 6.61 Å². The maximum absolute atomic E-state index is 5.90. The van der Waals surface area contributed by atoms with Gasteiger partial charge in [-0.3, -0.25) is 0 Å². The molecule has 1 aliphatic rings. The highest BCUT2D eigenvalue weighted by Crippen LogP contribution is 2.27. The van der Waals surface area contributed by atoms with Crippen LogP contribution in [-0.2, 0) is 9.47 Å². The lowest BCUT2D eigenvalue weighted by Gasteiger charge is -2.19. The lowest BCUT2D eigenvalue weighted by Crippen LogP contribution is -2.18. The van der Waals surface area contributed by atoms with Crippen molar-refractivity contribution >= 4 is 27.5 Å². The fourth-order valence-corrected chi connectivity index (χ4v) is 1.23. The first-order valence-corrected chi connectivity index (χ1v) is 4.91. The van der Waals surface area contributed by atoms with Crippen molar-refractivity contribution in [3.63, 3.8) is 0 Å². The van der Waals surface area contributed by atoms with Crippen LogP contribution in [0.4, 0.5) is 0 Å². The van der Waals surface area contributed by atoms with Crippen molar-refractivity contribution in [3.05, 3.63) is 21.9 Å². The highest BCUT2D eigenvalue weighted by Gasteiger charge is 2.18. The first-order valence-electron chi connectivity index (χ1n) is 3.74. The number of ether oxygens (including phenoxy) is 2. The Morgan fingerprint density at radius 2 is 2.50 bits per heavy atom. The summed E-state index contributed by atoms with van der Waals surface area (Å²) in [6.07, 6.45) is 3.82. The third-order valence-electron chi connectivity index (χ3n) is 1.32. The molecule has 0 amide bonds. The summed E-state index contributed by atoms with van der Waals surface area (Å²) in [5, 5.41) is 0.561. The molecule has 1 unspecified atom stereocenters. The van der Waals surface area contributed by atoms with Gasteiger partial charge in [-0.15, -0.1) is 0 Å². The van der Waals surface area contributed by atoms with E-state index in [1.54, 1.807) is 12.3 Å². The van der Waals surface area contributed by atoms with E-state index in [1.807, 2.05) is 6.92 Å². The summed E-state index contributed by atoms with van der Waals surface area (Å²) in [5.41, 5.74) is 0. The topological polar surface area (TPSA) is 18.5 Å². The Labute approximate surface area is 85.3 Å². The number of allylic oxidation sites excluding steroid dienone is 2. The van der Waals surface area contributed by atoms with Gasteiger partial charge >= 0.3 is 0 Å². The van der Waals surface area contributed by atoms with Crippen molar-refractivity contribution in [2.24, 2.45) is 0 Å². The summed E-state index contributed by atoms with van der Waals surface area (Å²) in [4.78, 5) is 0. The van der Waals surface area contributed by atoms with E-state index < -0.39 is 6.29 Å². The van der Waals surface area contributed by atoms with Gasteiger partial charge in [0.1, 0.15) is 5.03 Å². The average molecular weight is 254 g/mol. The number of hydrogen-bond donors (Lipinski definition) is 0. The molecule has 0 fully saturated rings. The summed E-state index contributed by atoms with van der Waals surface area (Å²) in [6.45, 7) is 2.68. The lowest BCUT2D eigenvalue weighted by molar-refractivity contribution is -0.0771. The Bertz CT molecular complexity index is 213. The van der Waals surface area contributed by atoms with Crippen LogP contribution in [0.3, 0.4) is 0 Å². The van der Waals surface area contributed by atoms with Crippen LogP contribution in [0, 0.1) is 0 Å². The van der Waals surface area contributed by atoms with Gasteiger partial charge in [-0.25, -0.2) is 0 Å². The second-order valence-corrected chi connectivity index (χ2v) is 3.60. The minimum Gasteiger partial charge on any atom is -0.467 e. The molecule has 1 heterocycles. The molecule has 0 aromatic rings. The van der Waals surface area contributed by atoms with Gasteiger partial charge < -0.3 is 9.47 Å². The number of halogens is 2. The third kappa shape index (κ3) is 2.51. The van der Waals surface area contributed by atoms with Crippen molar-refractivity contribution in [2.45, 2.75) is 19.6 Å². The van der Waals surface area contributed by atoms with E-state index in [1.165, 1.54) is 0 Å². The fraction of sp³-hybridized carbons (Fsp3) is 0.500. The average Bonchev–Trinajstić information content (AvgIpc) is 2.08. The number of hydrogen-bond acceptors (Lipinski definition) is 2. The minimum atomic E-state index is -0.439. The molecule has 4 heteroatoms. The van der Waals surface area contributed by atoms with E-state index >= 15 is 0 Å². The maximum atomic E-state index is 5.90. The molecule has 0 aromatic heterocycles. The van der Waals surface area contributed by atoms with Crippen LogP contribution in [0.1, 0.15) is 13.3 Å². The van der Waals surface area contributed by atoms with Crippen LogP contribution in [0.5, 0.6) is 0 Å². The van der Waals surface area contributed by atoms with Gasteiger partial charge in [0.05, 0.1) is 12.9 Å². The second-order valence-electron chi connectivity index (χ2n) is 2.34. The predicted molar refractivity (Wildman–Crippen MR) is 52.1 cm³/mol. The van der Waals surface area contributed by atoms with Gasteiger partial charge in [-0.1, -0.05) is 18.5 Å². The molecule has 0 saturated carbocycles. The zero-order valence-corrected chi connectivity index (χ0v) is 9.06. The van der Waals surface area contributed by atoms with Crippen LogP contribution >= 0.6 is 27.5 Å². The van der Waals surface area contributed by atoms with Gasteiger partial charge in [-0.05, 0) is 28.4 Å². The third-order valence-corrected chi connectivity index (χ3v) is 2.63. The molecule has 1 aliphatic heterocycles. The van der Waals surface area contributed by atoms with Gasteiger partial charge in [0, 0.05) is 4.48 Å². The molecule has 68 valence electrons. The first-order chi connectivity index (χ1) is 5.75. The smallest absolute Gasteiger partial charge is 0.237 e. The van der Waals surface area contributed by atoms with E-state index in [-0.39, 0.29) is 0 Å². The van der Waals surface area contributed by atoms with Crippen LogP contribution < -0.4 is 0 Å². The van der Waals surface area contributed by atoms with Crippen LogP contribution in [0.15, 0.2) is 21.9 Å². The largest absolute Gasteiger partial charge is 0.467 e. The molecule has 0 radical (unpaired) electrons. The Morgan fingerprint density at radius 1 is 1.75 bits per heavy atom. The van der Waals surface area contributed by atoms with Gasteiger partial charge in [0.2, 0.25) is 6.29 Å². The minimum absolute atomic E-state index is 0.439. The van der Waals surface area contributed by atoms with E-state index in [9.17, 15) is 0 Å².